The fraction of sp³-hybridized carbons (Fsp3) is 0.333. The number of aromatic nitrogens is 3. The van der Waals surface area contributed by atoms with Gasteiger partial charge in [0.25, 0.3) is 5.91 Å². The van der Waals surface area contributed by atoms with E-state index in [9.17, 15) is 4.79 Å². The summed E-state index contributed by atoms with van der Waals surface area (Å²) in [5, 5.41) is 10.6. The van der Waals surface area contributed by atoms with Crippen molar-refractivity contribution in [3.8, 4) is 5.75 Å². The highest BCUT2D eigenvalue weighted by molar-refractivity contribution is 6.07. The second-order valence-electron chi connectivity index (χ2n) is 6.05. The molecule has 1 aliphatic rings. The SMILES string of the molecule is CCn1cc(C(=O)N[C@@H]2COC[C@@H]2Oc2cn[nH]c2)c2ccccc21. The van der Waals surface area contributed by atoms with Crippen LogP contribution in [0.25, 0.3) is 10.9 Å². The van der Waals surface area contributed by atoms with Crippen molar-refractivity contribution >= 4 is 16.8 Å². The van der Waals surface area contributed by atoms with Crippen molar-refractivity contribution in [2.45, 2.75) is 25.6 Å². The van der Waals surface area contributed by atoms with Crippen LogP contribution in [0.4, 0.5) is 0 Å². The monoisotopic (exact) mass is 340 g/mol. The van der Waals surface area contributed by atoms with Crippen molar-refractivity contribution in [2.75, 3.05) is 13.2 Å². The highest BCUT2D eigenvalue weighted by atomic mass is 16.5. The van der Waals surface area contributed by atoms with Crippen molar-refractivity contribution < 1.29 is 14.3 Å². The maximum Gasteiger partial charge on any atom is 0.253 e. The Labute approximate surface area is 144 Å². The average molecular weight is 340 g/mol. The summed E-state index contributed by atoms with van der Waals surface area (Å²) in [6.45, 7) is 3.74. The summed E-state index contributed by atoms with van der Waals surface area (Å²) in [4.78, 5) is 12.8. The minimum absolute atomic E-state index is 0.111. The number of carbonyl (C=O) groups excluding carboxylic acids is 1. The molecule has 0 aliphatic carbocycles. The van der Waals surface area contributed by atoms with E-state index in [2.05, 4.69) is 27.0 Å². The average Bonchev–Trinajstić information content (AvgIpc) is 3.36. The van der Waals surface area contributed by atoms with Gasteiger partial charge in [0, 0.05) is 23.6 Å². The van der Waals surface area contributed by atoms with Crippen molar-refractivity contribution in [3.63, 3.8) is 0 Å². The number of H-pyrrole nitrogens is 1. The number of para-hydroxylation sites is 1. The van der Waals surface area contributed by atoms with E-state index in [-0.39, 0.29) is 18.1 Å². The number of benzene rings is 1. The van der Waals surface area contributed by atoms with Gasteiger partial charge in [-0.25, -0.2) is 0 Å². The highest BCUT2D eigenvalue weighted by Crippen LogP contribution is 2.22. The smallest absolute Gasteiger partial charge is 0.253 e. The zero-order valence-corrected chi connectivity index (χ0v) is 13.9. The molecular weight excluding hydrogens is 320 g/mol. The van der Waals surface area contributed by atoms with E-state index >= 15 is 0 Å². The number of nitrogens with zero attached hydrogens (tertiary/aromatic N) is 2. The predicted molar refractivity (Wildman–Crippen MR) is 92.7 cm³/mol. The molecule has 0 bridgehead atoms. The number of aromatic amines is 1. The molecule has 7 heteroatoms. The summed E-state index contributed by atoms with van der Waals surface area (Å²) >= 11 is 0. The van der Waals surface area contributed by atoms with E-state index in [1.165, 1.54) is 0 Å². The first-order valence-corrected chi connectivity index (χ1v) is 8.38. The zero-order valence-electron chi connectivity index (χ0n) is 13.9. The number of aryl methyl sites for hydroxylation is 1. The fourth-order valence-electron chi connectivity index (χ4n) is 3.20. The molecule has 0 radical (unpaired) electrons. The second kappa shape index (κ2) is 6.60. The summed E-state index contributed by atoms with van der Waals surface area (Å²) in [7, 11) is 0. The maximum atomic E-state index is 12.8. The standard InChI is InChI=1S/C18H20N4O3/c1-2-22-9-14(13-5-3-4-6-16(13)22)18(23)21-15-10-24-11-17(15)25-12-7-19-20-8-12/h3-9,15,17H,2,10-11H2,1H3,(H,19,20)(H,21,23)/t15-,17+/m1/s1. The summed E-state index contributed by atoms with van der Waals surface area (Å²) in [5.41, 5.74) is 1.73. The topological polar surface area (TPSA) is 81.2 Å². The Balaban J connectivity index is 1.53. The van der Waals surface area contributed by atoms with Crippen LogP contribution in [0.5, 0.6) is 5.75 Å². The Bertz CT molecular complexity index is 872. The fourth-order valence-corrected chi connectivity index (χ4v) is 3.20. The molecule has 0 unspecified atom stereocenters. The third-order valence-electron chi connectivity index (χ3n) is 4.48. The molecule has 0 saturated carbocycles. The van der Waals surface area contributed by atoms with Gasteiger partial charge in [-0.1, -0.05) is 18.2 Å². The Morgan fingerprint density at radius 3 is 3.12 bits per heavy atom. The number of amides is 1. The summed E-state index contributed by atoms with van der Waals surface area (Å²) in [6.07, 6.45) is 4.95. The maximum absolute atomic E-state index is 12.8. The van der Waals surface area contributed by atoms with Crippen LogP contribution in [0.2, 0.25) is 0 Å². The van der Waals surface area contributed by atoms with E-state index in [4.69, 9.17) is 9.47 Å². The van der Waals surface area contributed by atoms with Crippen LogP contribution >= 0.6 is 0 Å². The minimum Gasteiger partial charge on any atom is -0.482 e. The van der Waals surface area contributed by atoms with Gasteiger partial charge in [-0.05, 0) is 13.0 Å². The lowest BCUT2D eigenvalue weighted by atomic mass is 10.1. The molecular formula is C18H20N4O3. The molecule has 2 atom stereocenters. The van der Waals surface area contributed by atoms with Crippen LogP contribution in [0.15, 0.2) is 42.9 Å². The van der Waals surface area contributed by atoms with Crippen LogP contribution in [0, 0.1) is 0 Å². The Kier molecular flexibility index (Phi) is 4.15. The van der Waals surface area contributed by atoms with E-state index in [0.717, 1.165) is 17.4 Å². The highest BCUT2D eigenvalue weighted by Gasteiger charge is 2.32. The third-order valence-corrected chi connectivity index (χ3v) is 4.48. The number of ether oxygens (including phenoxy) is 2. The van der Waals surface area contributed by atoms with Gasteiger partial charge >= 0.3 is 0 Å². The quantitative estimate of drug-likeness (QED) is 0.744. The number of hydrogen-bond donors (Lipinski definition) is 2. The number of hydrogen-bond acceptors (Lipinski definition) is 4. The van der Waals surface area contributed by atoms with Crippen LogP contribution in [0.1, 0.15) is 17.3 Å². The van der Waals surface area contributed by atoms with Gasteiger partial charge in [0.1, 0.15) is 6.10 Å². The first-order valence-electron chi connectivity index (χ1n) is 8.38. The second-order valence-corrected chi connectivity index (χ2v) is 6.05. The van der Waals surface area contributed by atoms with Crippen LogP contribution < -0.4 is 10.1 Å². The molecule has 1 amide bonds. The molecule has 1 aromatic carbocycles. The molecule has 1 saturated heterocycles. The first kappa shape index (κ1) is 15.7. The molecule has 1 aliphatic heterocycles. The van der Waals surface area contributed by atoms with Gasteiger partial charge in [0.2, 0.25) is 0 Å². The van der Waals surface area contributed by atoms with Crippen LogP contribution in [0.3, 0.4) is 0 Å². The number of nitrogens with one attached hydrogen (secondary N) is 2. The van der Waals surface area contributed by atoms with E-state index in [1.807, 2.05) is 30.5 Å². The van der Waals surface area contributed by atoms with E-state index < -0.39 is 0 Å². The van der Waals surface area contributed by atoms with Gasteiger partial charge in [-0.3, -0.25) is 9.89 Å². The summed E-state index contributed by atoms with van der Waals surface area (Å²) in [5.74, 6) is 0.525. The molecule has 7 nitrogen and oxygen atoms in total. The normalized spacial score (nSPS) is 20.0. The van der Waals surface area contributed by atoms with Crippen molar-refractivity contribution in [1.82, 2.24) is 20.1 Å². The molecule has 2 N–H and O–H groups in total. The number of fused-ring (bicyclic) bond motifs is 1. The van der Waals surface area contributed by atoms with Crippen LogP contribution in [-0.4, -0.2) is 46.0 Å². The summed E-state index contributed by atoms with van der Waals surface area (Å²) < 4.78 is 13.4. The molecule has 130 valence electrons. The lowest BCUT2D eigenvalue weighted by Gasteiger charge is -2.19. The van der Waals surface area contributed by atoms with E-state index in [1.54, 1.807) is 12.4 Å². The zero-order chi connectivity index (χ0) is 17.2. The molecule has 25 heavy (non-hydrogen) atoms. The Hall–Kier alpha value is -2.80. The van der Waals surface area contributed by atoms with Crippen molar-refractivity contribution in [3.05, 3.63) is 48.4 Å². The van der Waals surface area contributed by atoms with E-state index in [0.29, 0.717) is 24.5 Å². The van der Waals surface area contributed by atoms with Gasteiger partial charge in [-0.2, -0.15) is 5.10 Å². The van der Waals surface area contributed by atoms with Gasteiger partial charge < -0.3 is 19.4 Å². The van der Waals surface area contributed by atoms with Crippen molar-refractivity contribution in [2.24, 2.45) is 0 Å². The number of carbonyl (C=O) groups is 1. The predicted octanol–water partition coefficient (Wildman–Crippen LogP) is 1.96. The lowest BCUT2D eigenvalue weighted by molar-refractivity contribution is 0.0905. The number of rotatable bonds is 5. The third kappa shape index (κ3) is 2.98. The van der Waals surface area contributed by atoms with Gasteiger partial charge in [-0.15, -0.1) is 0 Å². The molecule has 3 heterocycles. The van der Waals surface area contributed by atoms with Gasteiger partial charge in [0.15, 0.2) is 5.75 Å². The Morgan fingerprint density at radius 2 is 2.32 bits per heavy atom. The van der Waals surface area contributed by atoms with Gasteiger partial charge in [0.05, 0.1) is 37.2 Å². The molecule has 4 rings (SSSR count). The first-order chi connectivity index (χ1) is 12.3. The molecule has 3 aromatic rings. The molecule has 1 fully saturated rings. The minimum atomic E-state index is -0.235. The lowest BCUT2D eigenvalue weighted by Crippen LogP contribution is -2.45. The summed E-state index contributed by atoms with van der Waals surface area (Å²) in [6, 6.07) is 7.73. The largest absolute Gasteiger partial charge is 0.482 e. The van der Waals surface area contributed by atoms with Crippen LogP contribution in [-0.2, 0) is 11.3 Å². The molecule has 0 spiro atoms. The van der Waals surface area contributed by atoms with Crippen molar-refractivity contribution in [1.29, 1.82) is 0 Å². The molecule has 2 aromatic heterocycles. The Morgan fingerprint density at radius 1 is 1.44 bits per heavy atom.